The van der Waals surface area contributed by atoms with Crippen molar-refractivity contribution in [3.63, 3.8) is 0 Å². The van der Waals surface area contributed by atoms with Crippen molar-refractivity contribution in [1.82, 2.24) is 10.2 Å². The van der Waals surface area contributed by atoms with Crippen LogP contribution in [0.5, 0.6) is 0 Å². The summed E-state index contributed by atoms with van der Waals surface area (Å²) in [5, 5.41) is 3.59. The Morgan fingerprint density at radius 3 is 2.67 bits per heavy atom. The molecule has 18 heavy (non-hydrogen) atoms. The SMILES string of the molecule is CCNC1CCCN(Cc2c(C)cccc2C)C1. The minimum absolute atomic E-state index is 0.688. The zero-order valence-corrected chi connectivity index (χ0v) is 12.0. The van der Waals surface area contributed by atoms with Crippen molar-refractivity contribution in [2.45, 2.75) is 46.2 Å². The molecule has 100 valence electrons. The summed E-state index contributed by atoms with van der Waals surface area (Å²) in [5.41, 5.74) is 4.38. The molecule has 0 aromatic heterocycles. The molecule has 1 aliphatic rings. The Labute approximate surface area is 111 Å². The van der Waals surface area contributed by atoms with Gasteiger partial charge in [-0.15, -0.1) is 0 Å². The average molecular weight is 246 g/mol. The lowest BCUT2D eigenvalue weighted by Crippen LogP contribution is -2.45. The van der Waals surface area contributed by atoms with E-state index in [1.165, 1.54) is 42.6 Å². The Kier molecular flexibility index (Phi) is 4.79. The van der Waals surface area contributed by atoms with Gasteiger partial charge in [0.15, 0.2) is 0 Å². The molecule has 0 saturated carbocycles. The van der Waals surface area contributed by atoms with Crippen LogP contribution in [-0.2, 0) is 6.54 Å². The number of piperidine rings is 1. The molecular weight excluding hydrogens is 220 g/mol. The summed E-state index contributed by atoms with van der Waals surface area (Å²) in [6, 6.07) is 7.31. The van der Waals surface area contributed by atoms with Crippen LogP contribution in [0, 0.1) is 13.8 Å². The van der Waals surface area contributed by atoms with E-state index < -0.39 is 0 Å². The summed E-state index contributed by atoms with van der Waals surface area (Å²) < 4.78 is 0. The quantitative estimate of drug-likeness (QED) is 0.879. The second-order valence-electron chi connectivity index (χ2n) is 5.50. The Balaban J connectivity index is 2.00. The summed E-state index contributed by atoms with van der Waals surface area (Å²) in [6.45, 7) is 11.3. The third kappa shape index (κ3) is 3.33. The minimum Gasteiger partial charge on any atom is -0.313 e. The molecule has 0 radical (unpaired) electrons. The molecule has 1 heterocycles. The van der Waals surface area contributed by atoms with Crippen molar-refractivity contribution >= 4 is 0 Å². The minimum atomic E-state index is 0.688. The molecule has 1 atom stereocenters. The molecule has 1 N–H and O–H groups in total. The number of benzene rings is 1. The summed E-state index contributed by atoms with van der Waals surface area (Å²) in [5.74, 6) is 0. The van der Waals surface area contributed by atoms with Crippen LogP contribution in [0.4, 0.5) is 0 Å². The van der Waals surface area contributed by atoms with Gasteiger partial charge in [0.2, 0.25) is 0 Å². The maximum absolute atomic E-state index is 3.59. The number of hydrogen-bond donors (Lipinski definition) is 1. The van der Waals surface area contributed by atoms with E-state index in [4.69, 9.17) is 0 Å². The van der Waals surface area contributed by atoms with Gasteiger partial charge in [-0.25, -0.2) is 0 Å². The van der Waals surface area contributed by atoms with Gasteiger partial charge in [0.25, 0.3) is 0 Å². The first kappa shape index (κ1) is 13.6. The van der Waals surface area contributed by atoms with Gasteiger partial charge in [-0.2, -0.15) is 0 Å². The first-order valence-electron chi connectivity index (χ1n) is 7.21. The molecule has 1 fully saturated rings. The van der Waals surface area contributed by atoms with Crippen molar-refractivity contribution in [3.05, 3.63) is 34.9 Å². The summed E-state index contributed by atoms with van der Waals surface area (Å²) in [4.78, 5) is 2.60. The van der Waals surface area contributed by atoms with Crippen molar-refractivity contribution < 1.29 is 0 Å². The lowest BCUT2D eigenvalue weighted by Gasteiger charge is -2.33. The smallest absolute Gasteiger partial charge is 0.0239 e. The predicted molar refractivity (Wildman–Crippen MR) is 77.9 cm³/mol. The third-order valence-electron chi connectivity index (χ3n) is 4.02. The monoisotopic (exact) mass is 246 g/mol. The van der Waals surface area contributed by atoms with E-state index >= 15 is 0 Å². The standard InChI is InChI=1S/C16H26N2/c1-4-17-15-9-6-10-18(11-15)12-16-13(2)7-5-8-14(16)3/h5,7-8,15,17H,4,6,9-12H2,1-3H3. The first-order valence-corrected chi connectivity index (χ1v) is 7.21. The van der Waals surface area contributed by atoms with Crippen LogP contribution >= 0.6 is 0 Å². The zero-order valence-electron chi connectivity index (χ0n) is 12.0. The molecule has 0 amide bonds. The normalized spacial score (nSPS) is 21.2. The van der Waals surface area contributed by atoms with Crippen LogP contribution < -0.4 is 5.32 Å². The van der Waals surface area contributed by atoms with E-state index in [1.807, 2.05) is 0 Å². The maximum atomic E-state index is 3.59. The number of nitrogens with one attached hydrogen (secondary N) is 1. The van der Waals surface area contributed by atoms with Crippen LogP contribution in [0.3, 0.4) is 0 Å². The van der Waals surface area contributed by atoms with Gasteiger partial charge < -0.3 is 5.32 Å². The highest BCUT2D eigenvalue weighted by atomic mass is 15.2. The highest BCUT2D eigenvalue weighted by Crippen LogP contribution is 2.19. The molecule has 0 bridgehead atoms. The van der Waals surface area contributed by atoms with Gasteiger partial charge in [0.1, 0.15) is 0 Å². The van der Waals surface area contributed by atoms with Crippen LogP contribution in [0.25, 0.3) is 0 Å². The third-order valence-corrected chi connectivity index (χ3v) is 4.02. The highest BCUT2D eigenvalue weighted by molar-refractivity contribution is 5.33. The van der Waals surface area contributed by atoms with E-state index in [0.29, 0.717) is 6.04 Å². The van der Waals surface area contributed by atoms with Gasteiger partial charge in [0, 0.05) is 19.1 Å². The lowest BCUT2D eigenvalue weighted by atomic mass is 10.00. The Hall–Kier alpha value is -0.860. The predicted octanol–water partition coefficient (Wildman–Crippen LogP) is 2.88. The number of likely N-dealkylation sites (tertiary alicyclic amines) is 1. The average Bonchev–Trinajstić information content (AvgIpc) is 2.35. The number of likely N-dealkylation sites (N-methyl/N-ethyl adjacent to an activating group) is 1. The topological polar surface area (TPSA) is 15.3 Å². The molecule has 0 spiro atoms. The number of nitrogens with zero attached hydrogens (tertiary/aromatic N) is 1. The molecule has 0 aliphatic carbocycles. The van der Waals surface area contributed by atoms with Gasteiger partial charge in [-0.05, 0) is 56.5 Å². The van der Waals surface area contributed by atoms with E-state index in [0.717, 1.165) is 13.1 Å². The Morgan fingerprint density at radius 1 is 1.28 bits per heavy atom. The van der Waals surface area contributed by atoms with Gasteiger partial charge in [-0.1, -0.05) is 25.1 Å². The summed E-state index contributed by atoms with van der Waals surface area (Å²) in [6.07, 6.45) is 2.65. The van der Waals surface area contributed by atoms with E-state index in [-0.39, 0.29) is 0 Å². The largest absolute Gasteiger partial charge is 0.313 e. The van der Waals surface area contributed by atoms with Gasteiger partial charge in [0.05, 0.1) is 0 Å². The van der Waals surface area contributed by atoms with Crippen molar-refractivity contribution in [2.24, 2.45) is 0 Å². The van der Waals surface area contributed by atoms with E-state index in [1.54, 1.807) is 0 Å². The lowest BCUT2D eigenvalue weighted by molar-refractivity contribution is 0.184. The molecule has 1 unspecified atom stereocenters. The fourth-order valence-electron chi connectivity index (χ4n) is 2.98. The fraction of sp³-hybridized carbons (Fsp3) is 0.625. The molecule has 2 heteroatoms. The van der Waals surface area contributed by atoms with Crippen LogP contribution in [-0.4, -0.2) is 30.6 Å². The van der Waals surface area contributed by atoms with Crippen LogP contribution in [0.15, 0.2) is 18.2 Å². The molecule has 1 saturated heterocycles. The maximum Gasteiger partial charge on any atom is 0.0239 e. The van der Waals surface area contributed by atoms with Gasteiger partial charge >= 0.3 is 0 Å². The molecule has 2 rings (SSSR count). The number of hydrogen-bond acceptors (Lipinski definition) is 2. The number of aryl methyl sites for hydroxylation is 2. The molecule has 2 nitrogen and oxygen atoms in total. The molecule has 1 aromatic carbocycles. The highest BCUT2D eigenvalue weighted by Gasteiger charge is 2.19. The van der Waals surface area contributed by atoms with Gasteiger partial charge in [-0.3, -0.25) is 4.90 Å². The molecule has 1 aliphatic heterocycles. The first-order chi connectivity index (χ1) is 8.70. The van der Waals surface area contributed by atoms with Crippen molar-refractivity contribution in [2.75, 3.05) is 19.6 Å². The summed E-state index contributed by atoms with van der Waals surface area (Å²) >= 11 is 0. The van der Waals surface area contributed by atoms with E-state index in [9.17, 15) is 0 Å². The fourth-order valence-corrected chi connectivity index (χ4v) is 2.98. The summed E-state index contributed by atoms with van der Waals surface area (Å²) in [7, 11) is 0. The Bertz CT molecular complexity index is 364. The van der Waals surface area contributed by atoms with Crippen LogP contribution in [0.2, 0.25) is 0 Å². The second-order valence-corrected chi connectivity index (χ2v) is 5.50. The molecule has 1 aromatic rings. The zero-order chi connectivity index (χ0) is 13.0. The van der Waals surface area contributed by atoms with Crippen molar-refractivity contribution in [1.29, 1.82) is 0 Å². The second kappa shape index (κ2) is 6.35. The number of rotatable bonds is 4. The van der Waals surface area contributed by atoms with E-state index in [2.05, 4.69) is 49.2 Å². The van der Waals surface area contributed by atoms with Crippen molar-refractivity contribution in [3.8, 4) is 0 Å². The van der Waals surface area contributed by atoms with Crippen LogP contribution in [0.1, 0.15) is 36.5 Å². The molecular formula is C16H26N2. The Morgan fingerprint density at radius 2 is 2.00 bits per heavy atom.